The van der Waals surface area contributed by atoms with E-state index in [1.165, 1.54) is 28.6 Å². The lowest BCUT2D eigenvalue weighted by Crippen LogP contribution is -2.46. The van der Waals surface area contributed by atoms with Crippen molar-refractivity contribution in [3.63, 3.8) is 0 Å². The predicted molar refractivity (Wildman–Crippen MR) is 137 cm³/mol. The molecule has 1 amide bonds. The van der Waals surface area contributed by atoms with E-state index in [0.29, 0.717) is 18.8 Å². The van der Waals surface area contributed by atoms with E-state index in [9.17, 15) is 17.6 Å². The van der Waals surface area contributed by atoms with E-state index < -0.39 is 21.7 Å². The summed E-state index contributed by atoms with van der Waals surface area (Å²) in [6, 6.07) is 9.21. The molecule has 4 rings (SSSR count). The number of hydrogen-bond donors (Lipinski definition) is 1. The first-order chi connectivity index (χ1) is 16.8. The number of carbonyl (C=O) groups excluding carboxylic acids is 1. The summed E-state index contributed by atoms with van der Waals surface area (Å²) in [5.41, 5.74) is 1.28. The molecule has 2 aliphatic heterocycles. The second-order valence-corrected chi connectivity index (χ2v) is 11.3. The zero-order valence-corrected chi connectivity index (χ0v) is 21.5. The van der Waals surface area contributed by atoms with Gasteiger partial charge in [-0.25, -0.2) is 12.8 Å². The lowest BCUT2D eigenvalue weighted by molar-refractivity contribution is -0.115. The van der Waals surface area contributed by atoms with Gasteiger partial charge in [0.15, 0.2) is 0 Å². The monoisotopic (exact) mass is 522 g/mol. The molecule has 2 saturated heterocycles. The molecular weight excluding hydrogens is 491 g/mol. The molecule has 190 valence electrons. The van der Waals surface area contributed by atoms with Crippen LogP contribution in [0.2, 0.25) is 5.02 Å². The zero-order chi connectivity index (χ0) is 25.0. The maximum Gasteiger partial charge on any atom is 0.243 e. The van der Waals surface area contributed by atoms with Gasteiger partial charge in [0, 0.05) is 49.9 Å². The maximum atomic E-state index is 14.3. The van der Waals surface area contributed by atoms with Crippen LogP contribution in [0, 0.1) is 5.82 Å². The number of nitrogens with zero attached hydrogens (tertiary/aromatic N) is 3. The average molecular weight is 523 g/mol. The molecule has 0 radical (unpaired) electrons. The van der Waals surface area contributed by atoms with Crippen molar-refractivity contribution >= 4 is 38.9 Å². The minimum Gasteiger partial charge on any atom is -0.367 e. The summed E-state index contributed by atoms with van der Waals surface area (Å²) in [7, 11) is -3.68. The van der Waals surface area contributed by atoms with Gasteiger partial charge in [-0.1, -0.05) is 31.0 Å². The van der Waals surface area contributed by atoms with Gasteiger partial charge in [0.2, 0.25) is 15.9 Å². The van der Waals surface area contributed by atoms with Gasteiger partial charge in [0.25, 0.3) is 0 Å². The molecule has 0 aromatic heterocycles. The molecule has 0 atom stereocenters. The van der Waals surface area contributed by atoms with Crippen molar-refractivity contribution in [3.8, 4) is 0 Å². The highest BCUT2D eigenvalue weighted by atomic mass is 35.5. The summed E-state index contributed by atoms with van der Waals surface area (Å²) >= 11 is 6.11. The average Bonchev–Trinajstić information content (AvgIpc) is 2.87. The van der Waals surface area contributed by atoms with E-state index in [0.717, 1.165) is 57.7 Å². The van der Waals surface area contributed by atoms with Crippen LogP contribution in [0.3, 0.4) is 0 Å². The molecule has 0 spiro atoms. The lowest BCUT2D eigenvalue weighted by Gasteiger charge is -2.36. The number of rotatable bonds is 7. The van der Waals surface area contributed by atoms with Crippen LogP contribution >= 0.6 is 11.6 Å². The molecule has 2 fully saturated rings. The first kappa shape index (κ1) is 25.9. The quantitative estimate of drug-likeness (QED) is 0.595. The van der Waals surface area contributed by atoms with Crippen LogP contribution in [0.4, 0.5) is 15.8 Å². The molecule has 7 nitrogen and oxygen atoms in total. The highest BCUT2D eigenvalue weighted by Gasteiger charge is 2.28. The van der Waals surface area contributed by atoms with Crippen LogP contribution in [0.15, 0.2) is 41.3 Å². The molecule has 35 heavy (non-hydrogen) atoms. The van der Waals surface area contributed by atoms with Crippen molar-refractivity contribution in [2.24, 2.45) is 0 Å². The first-order valence-corrected chi connectivity index (χ1v) is 14.0. The van der Waals surface area contributed by atoms with Gasteiger partial charge in [0.05, 0.1) is 22.7 Å². The summed E-state index contributed by atoms with van der Waals surface area (Å²) in [5.74, 6) is -1.01. The summed E-state index contributed by atoms with van der Waals surface area (Å²) in [4.78, 5) is 17.6. The molecule has 10 heteroatoms. The van der Waals surface area contributed by atoms with Gasteiger partial charge >= 0.3 is 0 Å². The van der Waals surface area contributed by atoms with Gasteiger partial charge < -0.3 is 15.1 Å². The summed E-state index contributed by atoms with van der Waals surface area (Å²) in [6.07, 6.45) is 2.45. The van der Waals surface area contributed by atoms with Crippen LogP contribution in [-0.4, -0.2) is 69.3 Å². The van der Waals surface area contributed by atoms with Crippen molar-refractivity contribution in [2.75, 3.05) is 56.0 Å². The van der Waals surface area contributed by atoms with E-state index in [1.807, 2.05) is 0 Å². The second kappa shape index (κ2) is 11.2. The van der Waals surface area contributed by atoms with E-state index in [2.05, 4.69) is 22.0 Å². The predicted octanol–water partition coefficient (Wildman–Crippen LogP) is 3.98. The molecule has 0 unspecified atom stereocenters. The lowest BCUT2D eigenvalue weighted by atomic mass is 10.1. The van der Waals surface area contributed by atoms with Crippen molar-refractivity contribution in [1.29, 1.82) is 0 Å². The number of anilines is 2. The normalized spacial score (nSPS) is 18.0. The first-order valence-electron chi connectivity index (χ1n) is 12.1. The molecule has 0 bridgehead atoms. The van der Waals surface area contributed by atoms with Crippen molar-refractivity contribution in [1.82, 2.24) is 9.21 Å². The van der Waals surface area contributed by atoms with E-state index >= 15 is 0 Å². The Morgan fingerprint density at radius 2 is 1.74 bits per heavy atom. The molecule has 2 aromatic rings. The van der Waals surface area contributed by atoms with E-state index in [4.69, 9.17) is 11.6 Å². The van der Waals surface area contributed by atoms with E-state index in [1.54, 1.807) is 12.1 Å². The minimum absolute atomic E-state index is 0.113. The van der Waals surface area contributed by atoms with Crippen LogP contribution in [0.1, 0.15) is 31.7 Å². The molecule has 2 aliphatic rings. The highest BCUT2D eigenvalue weighted by Crippen LogP contribution is 2.32. The maximum absolute atomic E-state index is 14.3. The van der Waals surface area contributed by atoms with Crippen LogP contribution in [-0.2, 0) is 21.2 Å². The Hall–Kier alpha value is -2.20. The Bertz CT molecular complexity index is 1140. The highest BCUT2D eigenvalue weighted by molar-refractivity contribution is 7.89. The molecule has 2 aromatic carbocycles. The number of likely N-dealkylation sites (N-methyl/N-ethyl adjacent to an activating group) is 1. The van der Waals surface area contributed by atoms with Crippen molar-refractivity contribution in [3.05, 3.63) is 52.8 Å². The minimum atomic E-state index is -3.68. The van der Waals surface area contributed by atoms with Crippen LogP contribution in [0.5, 0.6) is 0 Å². The Balaban J connectivity index is 1.63. The third-order valence-electron chi connectivity index (χ3n) is 6.75. The molecule has 1 N–H and O–H groups in total. The summed E-state index contributed by atoms with van der Waals surface area (Å²) in [5, 5.41) is 3.03. The number of nitrogens with one attached hydrogen (secondary N) is 1. The fourth-order valence-corrected chi connectivity index (χ4v) is 6.44. The third-order valence-corrected chi connectivity index (χ3v) is 9.00. The zero-order valence-electron chi connectivity index (χ0n) is 20.0. The van der Waals surface area contributed by atoms with Crippen LogP contribution < -0.4 is 10.2 Å². The Morgan fingerprint density at radius 1 is 1.03 bits per heavy atom. The molecule has 2 heterocycles. The number of amides is 1. The molecule has 0 aliphatic carbocycles. The fourth-order valence-electron chi connectivity index (χ4n) is 4.67. The Kier molecular flexibility index (Phi) is 8.31. The number of piperidine rings is 1. The van der Waals surface area contributed by atoms with Gasteiger partial charge in [-0.15, -0.1) is 0 Å². The Labute approximate surface area is 211 Å². The topological polar surface area (TPSA) is 73.0 Å². The molecule has 0 saturated carbocycles. The fraction of sp³-hybridized carbons (Fsp3) is 0.480. The molecular formula is C25H32ClFN4O3S. The standard InChI is InChI=1S/C25H32ClFN4O3S/c1-2-29-13-15-30(16-14-29)24-10-9-19(35(33,34)31-11-4-3-5-12-31)17-23(24)28-25(32)18-20-21(26)7-6-8-22(20)27/h6-10,17H,2-5,11-16,18H2,1H3,(H,28,32). The van der Waals surface area contributed by atoms with Crippen molar-refractivity contribution in [2.45, 2.75) is 37.5 Å². The Morgan fingerprint density at radius 3 is 2.40 bits per heavy atom. The second-order valence-electron chi connectivity index (χ2n) is 8.99. The SMILES string of the molecule is CCN1CCN(c2ccc(S(=O)(=O)N3CCCCC3)cc2NC(=O)Cc2c(F)cccc2Cl)CC1. The van der Waals surface area contributed by atoms with Gasteiger partial charge in [-0.2, -0.15) is 4.31 Å². The number of benzene rings is 2. The van der Waals surface area contributed by atoms with E-state index in [-0.39, 0.29) is 21.9 Å². The third kappa shape index (κ3) is 5.97. The largest absolute Gasteiger partial charge is 0.367 e. The number of hydrogen-bond acceptors (Lipinski definition) is 5. The van der Waals surface area contributed by atoms with Crippen LogP contribution in [0.25, 0.3) is 0 Å². The number of sulfonamides is 1. The van der Waals surface area contributed by atoms with Gasteiger partial charge in [-0.05, 0) is 49.7 Å². The summed E-state index contributed by atoms with van der Waals surface area (Å²) < 4.78 is 42.4. The number of halogens is 2. The van der Waals surface area contributed by atoms with Gasteiger partial charge in [0.1, 0.15) is 5.82 Å². The number of carbonyl (C=O) groups is 1. The van der Waals surface area contributed by atoms with Crippen molar-refractivity contribution < 1.29 is 17.6 Å². The number of piperazine rings is 1. The van der Waals surface area contributed by atoms with Gasteiger partial charge in [-0.3, -0.25) is 4.79 Å². The smallest absolute Gasteiger partial charge is 0.243 e. The summed E-state index contributed by atoms with van der Waals surface area (Å²) in [6.45, 7) is 7.35.